The second-order valence-electron chi connectivity index (χ2n) is 5.74. The third-order valence-electron chi connectivity index (χ3n) is 4.12. The van der Waals surface area contributed by atoms with Gasteiger partial charge in [-0.25, -0.2) is 13.5 Å². The van der Waals surface area contributed by atoms with Crippen LogP contribution in [-0.4, -0.2) is 22.9 Å². The van der Waals surface area contributed by atoms with Gasteiger partial charge in [-0.1, -0.05) is 29.3 Å². The Bertz CT molecular complexity index is 853. The molecular weight excluding hydrogens is 336 g/mol. The predicted molar refractivity (Wildman–Crippen MR) is 90.3 cm³/mol. The Kier molecular flexibility index (Phi) is 4.66. The molecule has 0 aliphatic carbocycles. The number of rotatable bonds is 2. The smallest absolute Gasteiger partial charge is 0.287 e. The van der Waals surface area contributed by atoms with E-state index in [2.05, 4.69) is 5.10 Å². The number of hydrogen-bond donors (Lipinski definition) is 0. The fraction of sp³-hybridized carbons (Fsp3) is 0.294. The van der Waals surface area contributed by atoms with Crippen molar-refractivity contribution >= 4 is 23.4 Å². The zero-order chi connectivity index (χ0) is 17.3. The molecule has 2 heterocycles. The Balaban J connectivity index is 1.74. The lowest BCUT2D eigenvalue weighted by Crippen LogP contribution is -2.33. The van der Waals surface area contributed by atoms with Gasteiger partial charge in [0.05, 0.1) is 11.9 Å². The van der Waals surface area contributed by atoms with Gasteiger partial charge in [-0.3, -0.25) is 4.79 Å². The average Bonchev–Trinajstić information content (AvgIpc) is 2.57. The van der Waals surface area contributed by atoms with Gasteiger partial charge in [0, 0.05) is 20.1 Å². The molecule has 126 valence electrons. The van der Waals surface area contributed by atoms with Gasteiger partial charge in [-0.15, -0.1) is 0 Å². The molecule has 1 saturated heterocycles. The minimum atomic E-state index is -0.847. The molecular formula is C17H16ClF2N3O. The van der Waals surface area contributed by atoms with Crippen LogP contribution in [0.1, 0.15) is 18.4 Å². The number of anilines is 1. The largest absolute Gasteiger partial charge is 0.368 e. The van der Waals surface area contributed by atoms with Gasteiger partial charge in [0.2, 0.25) is 0 Å². The van der Waals surface area contributed by atoms with Gasteiger partial charge in [0.25, 0.3) is 5.56 Å². The van der Waals surface area contributed by atoms with Crippen molar-refractivity contribution in [3.05, 3.63) is 62.5 Å². The van der Waals surface area contributed by atoms with E-state index in [4.69, 9.17) is 11.6 Å². The van der Waals surface area contributed by atoms with E-state index in [-0.39, 0.29) is 10.6 Å². The molecule has 7 heteroatoms. The van der Waals surface area contributed by atoms with Crippen molar-refractivity contribution < 1.29 is 8.78 Å². The van der Waals surface area contributed by atoms with Crippen LogP contribution in [-0.2, 0) is 7.05 Å². The molecule has 0 amide bonds. The van der Waals surface area contributed by atoms with Crippen LogP contribution in [0.15, 0.2) is 34.8 Å². The van der Waals surface area contributed by atoms with Crippen molar-refractivity contribution in [2.24, 2.45) is 7.05 Å². The number of halogens is 3. The minimum absolute atomic E-state index is 0.167. The molecule has 0 N–H and O–H groups in total. The molecule has 24 heavy (non-hydrogen) atoms. The number of piperidine rings is 1. The predicted octanol–water partition coefficient (Wildman–Crippen LogP) is 3.40. The van der Waals surface area contributed by atoms with Gasteiger partial charge in [-0.2, -0.15) is 5.10 Å². The Labute approximate surface area is 143 Å². The third-order valence-corrected chi connectivity index (χ3v) is 4.48. The molecule has 0 saturated carbocycles. The number of hydrogen-bond acceptors (Lipinski definition) is 3. The fourth-order valence-corrected chi connectivity index (χ4v) is 3.03. The van der Waals surface area contributed by atoms with Crippen molar-refractivity contribution in [3.8, 4) is 0 Å². The van der Waals surface area contributed by atoms with E-state index >= 15 is 0 Å². The average molecular weight is 352 g/mol. The van der Waals surface area contributed by atoms with Gasteiger partial charge in [0.1, 0.15) is 5.02 Å². The molecule has 0 radical (unpaired) electrons. The molecule has 0 bridgehead atoms. The summed E-state index contributed by atoms with van der Waals surface area (Å²) in [7, 11) is 1.55. The van der Waals surface area contributed by atoms with E-state index in [0.717, 1.165) is 24.5 Å². The molecule has 1 aliphatic rings. The zero-order valence-corrected chi connectivity index (χ0v) is 13.9. The van der Waals surface area contributed by atoms with E-state index in [1.54, 1.807) is 19.3 Å². The van der Waals surface area contributed by atoms with Crippen LogP contribution < -0.4 is 10.5 Å². The standard InChI is InChI=1S/C17H16ClF2N3O/c1-22-17(24)16(18)15(10-21-22)23-6-4-11(5-7-23)8-12-2-3-13(19)14(20)9-12/h2-3,8-10H,4-7H2,1H3. The molecule has 2 aromatic rings. The highest BCUT2D eigenvalue weighted by atomic mass is 35.5. The van der Waals surface area contributed by atoms with E-state index in [0.29, 0.717) is 24.3 Å². The summed E-state index contributed by atoms with van der Waals surface area (Å²) in [6, 6.07) is 3.87. The van der Waals surface area contributed by atoms with E-state index < -0.39 is 11.6 Å². The van der Waals surface area contributed by atoms with Crippen LogP contribution in [0.3, 0.4) is 0 Å². The Morgan fingerprint density at radius 1 is 1.21 bits per heavy atom. The van der Waals surface area contributed by atoms with E-state index in [1.807, 2.05) is 11.0 Å². The van der Waals surface area contributed by atoms with E-state index in [9.17, 15) is 13.6 Å². The quantitative estimate of drug-likeness (QED) is 0.832. The van der Waals surface area contributed by atoms with Gasteiger partial charge in [-0.05, 0) is 30.5 Å². The lowest BCUT2D eigenvalue weighted by molar-refractivity contribution is 0.508. The summed E-state index contributed by atoms with van der Waals surface area (Å²) in [5.41, 5.74) is 2.10. The molecule has 4 nitrogen and oxygen atoms in total. The topological polar surface area (TPSA) is 38.1 Å². The first-order valence-corrected chi connectivity index (χ1v) is 7.95. The van der Waals surface area contributed by atoms with Crippen molar-refractivity contribution in [1.29, 1.82) is 0 Å². The zero-order valence-electron chi connectivity index (χ0n) is 13.1. The summed E-state index contributed by atoms with van der Waals surface area (Å²) in [4.78, 5) is 13.9. The number of nitrogens with zero attached hydrogens (tertiary/aromatic N) is 3. The lowest BCUT2D eigenvalue weighted by atomic mass is 10.0. The summed E-state index contributed by atoms with van der Waals surface area (Å²) in [6.45, 7) is 1.37. The fourth-order valence-electron chi connectivity index (χ4n) is 2.74. The first-order valence-electron chi connectivity index (χ1n) is 7.57. The lowest BCUT2D eigenvalue weighted by Gasteiger charge is -2.30. The van der Waals surface area contributed by atoms with Crippen molar-refractivity contribution in [1.82, 2.24) is 9.78 Å². The van der Waals surface area contributed by atoms with E-state index in [1.165, 1.54) is 10.7 Å². The molecule has 0 spiro atoms. The summed E-state index contributed by atoms with van der Waals surface area (Å²) in [6.07, 6.45) is 4.98. The van der Waals surface area contributed by atoms with Crippen LogP contribution >= 0.6 is 11.6 Å². The maximum absolute atomic E-state index is 13.3. The maximum atomic E-state index is 13.3. The molecule has 1 aromatic carbocycles. The summed E-state index contributed by atoms with van der Waals surface area (Å²) in [5, 5.41) is 4.17. The Morgan fingerprint density at radius 2 is 1.92 bits per heavy atom. The number of benzene rings is 1. The van der Waals surface area contributed by atoms with Crippen LogP contribution in [0.4, 0.5) is 14.5 Å². The molecule has 0 atom stereocenters. The molecule has 1 aromatic heterocycles. The maximum Gasteiger partial charge on any atom is 0.287 e. The molecule has 1 aliphatic heterocycles. The second-order valence-corrected chi connectivity index (χ2v) is 6.11. The second kappa shape index (κ2) is 6.73. The third kappa shape index (κ3) is 3.33. The number of aryl methyl sites for hydroxylation is 1. The van der Waals surface area contributed by atoms with Crippen LogP contribution in [0.2, 0.25) is 5.02 Å². The van der Waals surface area contributed by atoms with Crippen LogP contribution in [0.25, 0.3) is 6.08 Å². The first-order chi connectivity index (χ1) is 11.5. The highest BCUT2D eigenvalue weighted by molar-refractivity contribution is 6.33. The molecule has 1 fully saturated rings. The normalized spacial score (nSPS) is 14.8. The Morgan fingerprint density at radius 3 is 2.58 bits per heavy atom. The summed E-state index contributed by atoms with van der Waals surface area (Å²) >= 11 is 6.12. The number of aromatic nitrogens is 2. The monoisotopic (exact) mass is 351 g/mol. The van der Waals surface area contributed by atoms with Crippen molar-refractivity contribution in [2.75, 3.05) is 18.0 Å². The highest BCUT2D eigenvalue weighted by Gasteiger charge is 2.19. The molecule has 3 rings (SSSR count). The summed E-state index contributed by atoms with van der Waals surface area (Å²) < 4.78 is 27.4. The van der Waals surface area contributed by atoms with Crippen LogP contribution in [0, 0.1) is 11.6 Å². The van der Waals surface area contributed by atoms with Crippen molar-refractivity contribution in [2.45, 2.75) is 12.8 Å². The highest BCUT2D eigenvalue weighted by Crippen LogP contribution is 2.27. The summed E-state index contributed by atoms with van der Waals surface area (Å²) in [5.74, 6) is -1.69. The van der Waals surface area contributed by atoms with Crippen LogP contribution in [0.5, 0.6) is 0 Å². The molecule has 0 unspecified atom stereocenters. The van der Waals surface area contributed by atoms with Gasteiger partial charge < -0.3 is 4.90 Å². The first kappa shape index (κ1) is 16.6. The minimum Gasteiger partial charge on any atom is -0.368 e. The van der Waals surface area contributed by atoms with Gasteiger partial charge in [0.15, 0.2) is 11.6 Å². The van der Waals surface area contributed by atoms with Gasteiger partial charge >= 0.3 is 0 Å². The Hall–Kier alpha value is -2.21. The SMILES string of the molecule is Cn1ncc(N2CCC(=Cc3ccc(F)c(F)c3)CC2)c(Cl)c1=O. The van der Waals surface area contributed by atoms with Crippen molar-refractivity contribution in [3.63, 3.8) is 0 Å².